The Balaban J connectivity index is 1.85. The number of hydrogen-bond acceptors (Lipinski definition) is 4. The molecule has 1 aromatic heterocycles. The Morgan fingerprint density at radius 2 is 2.33 bits per heavy atom. The Kier molecular flexibility index (Phi) is 3.25. The minimum Gasteiger partial charge on any atom is -0.366 e. The lowest BCUT2D eigenvalue weighted by molar-refractivity contribution is 0.305. The molecule has 2 heterocycles. The van der Waals surface area contributed by atoms with Gasteiger partial charge in [0.25, 0.3) is 0 Å². The summed E-state index contributed by atoms with van der Waals surface area (Å²) in [6.07, 6.45) is 1.31. The van der Waals surface area contributed by atoms with Crippen molar-refractivity contribution in [2.75, 3.05) is 25.4 Å². The van der Waals surface area contributed by atoms with Gasteiger partial charge in [-0.15, -0.1) is 5.10 Å². The summed E-state index contributed by atoms with van der Waals surface area (Å²) >= 11 is 3.33. The van der Waals surface area contributed by atoms with Crippen LogP contribution in [0.4, 0.5) is 5.95 Å². The van der Waals surface area contributed by atoms with Gasteiger partial charge in [-0.2, -0.15) is 4.98 Å². The fourth-order valence-electron chi connectivity index (χ4n) is 1.95. The second-order valence-electron chi connectivity index (χ2n) is 4.16. The molecule has 1 unspecified atom stereocenters. The molecule has 6 heteroatoms. The number of aromatic nitrogens is 3. The Labute approximate surface area is 97.8 Å². The van der Waals surface area contributed by atoms with Gasteiger partial charge in [-0.3, -0.25) is 0 Å². The summed E-state index contributed by atoms with van der Waals surface area (Å²) in [6, 6.07) is 0. The van der Waals surface area contributed by atoms with Crippen molar-refractivity contribution in [1.29, 1.82) is 0 Å². The molecule has 1 aromatic rings. The van der Waals surface area contributed by atoms with Crippen LogP contribution in [0, 0.1) is 5.92 Å². The maximum Gasteiger partial charge on any atom is 0.240 e. The van der Waals surface area contributed by atoms with Crippen LogP contribution in [0.1, 0.15) is 13.3 Å². The molecule has 0 spiro atoms. The maximum atomic E-state index is 5.50. The summed E-state index contributed by atoms with van der Waals surface area (Å²) in [5.41, 5.74) is 5.50. The first-order valence-corrected chi connectivity index (χ1v) is 6.02. The lowest BCUT2D eigenvalue weighted by Crippen LogP contribution is -2.25. The van der Waals surface area contributed by atoms with Crippen LogP contribution < -0.4 is 5.73 Å². The third-order valence-electron chi connectivity index (χ3n) is 2.78. The standard InChI is InChI=1S/C9H16BrN5/c1-7-2-3-14(6-7)4-5-15-8(10)12-9(11)13-15/h7H,2-6H2,1H3,(H2,11,13). The van der Waals surface area contributed by atoms with Crippen LogP contribution in [0.25, 0.3) is 0 Å². The van der Waals surface area contributed by atoms with Crippen molar-refractivity contribution >= 4 is 21.9 Å². The molecule has 5 nitrogen and oxygen atoms in total. The van der Waals surface area contributed by atoms with Gasteiger partial charge in [0.05, 0.1) is 6.54 Å². The van der Waals surface area contributed by atoms with E-state index in [1.54, 1.807) is 4.68 Å². The molecule has 2 rings (SSSR count). The van der Waals surface area contributed by atoms with Gasteiger partial charge in [0.2, 0.25) is 5.95 Å². The van der Waals surface area contributed by atoms with E-state index in [4.69, 9.17) is 5.73 Å². The van der Waals surface area contributed by atoms with E-state index in [2.05, 4.69) is 37.8 Å². The van der Waals surface area contributed by atoms with Crippen LogP contribution in [0.3, 0.4) is 0 Å². The van der Waals surface area contributed by atoms with Crippen molar-refractivity contribution in [3.05, 3.63) is 4.73 Å². The van der Waals surface area contributed by atoms with E-state index in [-0.39, 0.29) is 0 Å². The molecule has 0 aliphatic carbocycles. The second kappa shape index (κ2) is 4.49. The average Bonchev–Trinajstić information content (AvgIpc) is 2.70. The highest BCUT2D eigenvalue weighted by Crippen LogP contribution is 2.15. The highest BCUT2D eigenvalue weighted by Gasteiger charge is 2.18. The van der Waals surface area contributed by atoms with Crippen LogP contribution in [0.2, 0.25) is 0 Å². The third-order valence-corrected chi connectivity index (χ3v) is 3.37. The van der Waals surface area contributed by atoms with Crippen LogP contribution in [0.5, 0.6) is 0 Å². The highest BCUT2D eigenvalue weighted by atomic mass is 79.9. The lowest BCUT2D eigenvalue weighted by atomic mass is 10.2. The van der Waals surface area contributed by atoms with Gasteiger partial charge in [-0.25, -0.2) is 4.68 Å². The number of rotatable bonds is 3. The van der Waals surface area contributed by atoms with Gasteiger partial charge >= 0.3 is 0 Å². The number of halogens is 1. The van der Waals surface area contributed by atoms with Crippen LogP contribution in [-0.2, 0) is 6.54 Å². The summed E-state index contributed by atoms with van der Waals surface area (Å²) in [6.45, 7) is 6.55. The molecule has 1 fully saturated rings. The van der Waals surface area contributed by atoms with Gasteiger partial charge in [0.15, 0.2) is 4.73 Å². The Hall–Kier alpha value is -0.620. The number of nitrogens with two attached hydrogens (primary N) is 1. The monoisotopic (exact) mass is 273 g/mol. The number of hydrogen-bond donors (Lipinski definition) is 1. The Bertz CT molecular complexity index is 337. The predicted molar refractivity (Wildman–Crippen MR) is 62.4 cm³/mol. The predicted octanol–water partition coefficient (Wildman–Crippen LogP) is 0.965. The molecular formula is C9H16BrN5. The van der Waals surface area contributed by atoms with Crippen molar-refractivity contribution in [2.45, 2.75) is 19.9 Å². The molecule has 84 valence electrons. The molecule has 1 saturated heterocycles. The summed E-state index contributed by atoms with van der Waals surface area (Å²) < 4.78 is 2.52. The Morgan fingerprint density at radius 3 is 2.87 bits per heavy atom. The lowest BCUT2D eigenvalue weighted by Gasteiger charge is -2.14. The average molecular weight is 274 g/mol. The van der Waals surface area contributed by atoms with E-state index < -0.39 is 0 Å². The molecule has 15 heavy (non-hydrogen) atoms. The van der Waals surface area contributed by atoms with Crippen LogP contribution in [-0.4, -0.2) is 39.3 Å². The number of anilines is 1. The summed E-state index contributed by atoms with van der Waals surface area (Å²) in [7, 11) is 0. The molecule has 0 aromatic carbocycles. The summed E-state index contributed by atoms with van der Waals surface area (Å²) in [5, 5.41) is 4.10. The van der Waals surface area contributed by atoms with Gasteiger partial charge < -0.3 is 10.6 Å². The van der Waals surface area contributed by atoms with Crippen molar-refractivity contribution in [3.8, 4) is 0 Å². The largest absolute Gasteiger partial charge is 0.366 e. The fraction of sp³-hybridized carbons (Fsp3) is 0.778. The van der Waals surface area contributed by atoms with Crippen molar-refractivity contribution in [1.82, 2.24) is 19.7 Å². The van der Waals surface area contributed by atoms with E-state index >= 15 is 0 Å². The SMILES string of the molecule is CC1CCN(CCn2nc(N)nc2Br)C1. The minimum absolute atomic E-state index is 0.330. The third kappa shape index (κ3) is 2.69. The first-order valence-electron chi connectivity index (χ1n) is 5.23. The molecular weight excluding hydrogens is 258 g/mol. The van der Waals surface area contributed by atoms with E-state index in [9.17, 15) is 0 Å². The zero-order valence-corrected chi connectivity index (χ0v) is 10.4. The summed E-state index contributed by atoms with van der Waals surface area (Å²) in [5.74, 6) is 1.16. The van der Waals surface area contributed by atoms with Gasteiger partial charge in [0, 0.05) is 13.1 Å². The van der Waals surface area contributed by atoms with Crippen molar-refractivity contribution < 1.29 is 0 Å². The number of nitrogens with zero attached hydrogens (tertiary/aromatic N) is 4. The number of likely N-dealkylation sites (tertiary alicyclic amines) is 1. The quantitative estimate of drug-likeness (QED) is 0.892. The first kappa shape index (κ1) is 10.9. The Morgan fingerprint density at radius 1 is 1.53 bits per heavy atom. The van der Waals surface area contributed by atoms with Gasteiger partial charge in [-0.05, 0) is 34.8 Å². The van der Waals surface area contributed by atoms with E-state index in [0.717, 1.165) is 19.0 Å². The molecule has 1 aliphatic heterocycles. The van der Waals surface area contributed by atoms with E-state index in [1.165, 1.54) is 19.5 Å². The summed E-state index contributed by atoms with van der Waals surface area (Å²) in [4.78, 5) is 6.45. The van der Waals surface area contributed by atoms with E-state index in [1.807, 2.05) is 0 Å². The molecule has 0 saturated carbocycles. The van der Waals surface area contributed by atoms with E-state index in [0.29, 0.717) is 10.7 Å². The molecule has 0 radical (unpaired) electrons. The van der Waals surface area contributed by atoms with Gasteiger partial charge in [0.1, 0.15) is 0 Å². The number of nitrogen functional groups attached to an aromatic ring is 1. The van der Waals surface area contributed by atoms with Crippen molar-refractivity contribution in [2.24, 2.45) is 5.92 Å². The zero-order chi connectivity index (χ0) is 10.8. The van der Waals surface area contributed by atoms with Crippen LogP contribution in [0.15, 0.2) is 4.73 Å². The highest BCUT2D eigenvalue weighted by molar-refractivity contribution is 9.10. The molecule has 0 bridgehead atoms. The first-order chi connectivity index (χ1) is 7.15. The smallest absolute Gasteiger partial charge is 0.240 e. The molecule has 1 atom stereocenters. The van der Waals surface area contributed by atoms with Crippen LogP contribution >= 0.6 is 15.9 Å². The normalized spacial score (nSPS) is 22.4. The molecule has 0 amide bonds. The van der Waals surface area contributed by atoms with Gasteiger partial charge in [-0.1, -0.05) is 6.92 Å². The maximum absolute atomic E-state index is 5.50. The second-order valence-corrected chi connectivity index (χ2v) is 4.87. The topological polar surface area (TPSA) is 60.0 Å². The minimum atomic E-state index is 0.330. The fourth-order valence-corrected chi connectivity index (χ4v) is 2.39. The molecule has 2 N–H and O–H groups in total. The zero-order valence-electron chi connectivity index (χ0n) is 8.86. The van der Waals surface area contributed by atoms with Crippen molar-refractivity contribution in [3.63, 3.8) is 0 Å². The molecule has 1 aliphatic rings.